The molecular formula is C36H26N2O2S2Zn. The summed E-state index contributed by atoms with van der Waals surface area (Å²) >= 11 is 3.22. The molecule has 0 aliphatic heterocycles. The maximum atomic E-state index is 10.5. The normalized spacial score (nSPS) is 11.0. The van der Waals surface area contributed by atoms with Gasteiger partial charge in [0.2, 0.25) is 0 Å². The molecule has 7 heteroatoms. The molecule has 8 rings (SSSR count). The SMILES string of the molecule is Cc1ccc2sc(-c3ccc4ccccc4c3O)nc2c1.Cc1ccc2sc(-c3ccc4ccccc4c3O)nc2c1.[Zn]. The van der Waals surface area contributed by atoms with Crippen LogP contribution in [-0.4, -0.2) is 20.2 Å². The van der Waals surface area contributed by atoms with Crippen LogP contribution in [0.1, 0.15) is 11.1 Å². The number of nitrogens with zero attached hydrogens (tertiary/aromatic N) is 2. The maximum Gasteiger partial charge on any atom is 0.133 e. The molecule has 2 N–H and O–H groups in total. The van der Waals surface area contributed by atoms with E-state index in [9.17, 15) is 10.2 Å². The first kappa shape index (κ1) is 28.9. The summed E-state index contributed by atoms with van der Waals surface area (Å²) in [6.45, 7) is 4.12. The number of fused-ring (bicyclic) bond motifs is 4. The summed E-state index contributed by atoms with van der Waals surface area (Å²) in [6.07, 6.45) is 0. The van der Waals surface area contributed by atoms with Crippen LogP contribution in [0.15, 0.2) is 109 Å². The van der Waals surface area contributed by atoms with Gasteiger partial charge in [0.1, 0.15) is 21.5 Å². The molecular weight excluding hydrogens is 622 g/mol. The van der Waals surface area contributed by atoms with Gasteiger partial charge in [-0.2, -0.15) is 0 Å². The first-order valence-corrected chi connectivity index (χ1v) is 15.2. The molecule has 0 atom stereocenters. The fourth-order valence-electron chi connectivity index (χ4n) is 5.16. The minimum absolute atomic E-state index is 0. The third-order valence-corrected chi connectivity index (χ3v) is 9.49. The molecule has 0 aliphatic carbocycles. The van der Waals surface area contributed by atoms with Crippen LogP contribution < -0.4 is 0 Å². The van der Waals surface area contributed by atoms with Crippen molar-refractivity contribution in [1.82, 2.24) is 9.97 Å². The van der Waals surface area contributed by atoms with E-state index in [1.807, 2.05) is 72.8 Å². The molecule has 0 radical (unpaired) electrons. The van der Waals surface area contributed by atoms with Crippen molar-refractivity contribution in [2.45, 2.75) is 13.8 Å². The standard InChI is InChI=1S/2C18H13NOS.Zn/c2*1-11-6-9-16-15(10-11)19-18(21-16)14-8-7-12-4-2-3-5-13(12)17(14)20;/h2*2-10,20H,1H3;. The van der Waals surface area contributed by atoms with Crippen molar-refractivity contribution in [3.8, 4) is 32.6 Å². The Morgan fingerprint density at radius 3 is 1.37 bits per heavy atom. The average molecular weight is 648 g/mol. The number of benzene rings is 6. The molecule has 43 heavy (non-hydrogen) atoms. The van der Waals surface area contributed by atoms with Gasteiger partial charge in [-0.1, -0.05) is 72.8 Å². The summed E-state index contributed by atoms with van der Waals surface area (Å²) < 4.78 is 2.28. The van der Waals surface area contributed by atoms with Crippen molar-refractivity contribution in [2.75, 3.05) is 0 Å². The number of rotatable bonds is 2. The summed E-state index contributed by atoms with van der Waals surface area (Å²) in [5.74, 6) is 0.618. The summed E-state index contributed by atoms with van der Waals surface area (Å²) in [5, 5.41) is 26.6. The van der Waals surface area contributed by atoms with Crippen molar-refractivity contribution in [3.05, 3.63) is 120 Å². The predicted molar refractivity (Wildman–Crippen MR) is 178 cm³/mol. The Kier molecular flexibility index (Phi) is 7.97. The molecule has 2 aromatic heterocycles. The Bertz CT molecular complexity index is 2110. The smallest absolute Gasteiger partial charge is 0.133 e. The summed E-state index contributed by atoms with van der Waals surface area (Å²) in [4.78, 5) is 9.34. The Morgan fingerprint density at radius 1 is 0.512 bits per heavy atom. The van der Waals surface area contributed by atoms with E-state index in [2.05, 4.69) is 60.2 Å². The van der Waals surface area contributed by atoms with Gasteiger partial charge in [0.05, 0.1) is 31.6 Å². The van der Waals surface area contributed by atoms with E-state index in [4.69, 9.17) is 0 Å². The van der Waals surface area contributed by atoms with E-state index in [0.29, 0.717) is 11.5 Å². The second-order valence-corrected chi connectivity index (χ2v) is 12.4. The van der Waals surface area contributed by atoms with Crippen molar-refractivity contribution in [1.29, 1.82) is 0 Å². The van der Waals surface area contributed by atoms with E-state index in [1.54, 1.807) is 22.7 Å². The monoisotopic (exact) mass is 646 g/mol. The van der Waals surface area contributed by atoms with E-state index in [0.717, 1.165) is 63.1 Å². The van der Waals surface area contributed by atoms with Crippen LogP contribution in [0.25, 0.3) is 63.1 Å². The average Bonchev–Trinajstić information content (AvgIpc) is 3.61. The zero-order valence-corrected chi connectivity index (χ0v) is 28.3. The zero-order chi connectivity index (χ0) is 28.8. The van der Waals surface area contributed by atoms with Crippen LogP contribution >= 0.6 is 22.7 Å². The number of phenolic OH excluding ortho intramolecular Hbond substituents is 2. The van der Waals surface area contributed by atoms with Gasteiger partial charge in [-0.05, 0) is 72.1 Å². The van der Waals surface area contributed by atoms with Gasteiger partial charge in [-0.15, -0.1) is 22.7 Å². The molecule has 0 fully saturated rings. The van der Waals surface area contributed by atoms with Gasteiger partial charge < -0.3 is 10.2 Å². The topological polar surface area (TPSA) is 66.2 Å². The molecule has 0 bridgehead atoms. The predicted octanol–water partition coefficient (Wildman–Crippen LogP) is 10.3. The summed E-state index contributed by atoms with van der Waals surface area (Å²) in [6, 6.07) is 36.2. The molecule has 0 aliphatic rings. The molecule has 0 saturated heterocycles. The van der Waals surface area contributed by atoms with Crippen molar-refractivity contribution >= 4 is 64.7 Å². The minimum atomic E-state index is 0. The third kappa shape index (κ3) is 5.52. The number of hydrogen-bond acceptors (Lipinski definition) is 6. The van der Waals surface area contributed by atoms with Gasteiger partial charge in [0.15, 0.2) is 0 Å². The Morgan fingerprint density at radius 2 is 0.930 bits per heavy atom. The quantitative estimate of drug-likeness (QED) is 0.183. The van der Waals surface area contributed by atoms with Crippen LogP contribution in [0.3, 0.4) is 0 Å². The van der Waals surface area contributed by atoms with Crippen LogP contribution in [-0.2, 0) is 19.5 Å². The second kappa shape index (κ2) is 11.8. The number of aromatic nitrogens is 2. The minimum Gasteiger partial charge on any atom is -0.507 e. The number of thiazole rings is 2. The maximum absolute atomic E-state index is 10.5. The van der Waals surface area contributed by atoms with E-state index < -0.39 is 0 Å². The summed E-state index contributed by atoms with van der Waals surface area (Å²) in [5.41, 5.74) is 5.97. The molecule has 206 valence electrons. The first-order valence-electron chi connectivity index (χ1n) is 13.6. The molecule has 2 heterocycles. The molecule has 6 aromatic carbocycles. The fraction of sp³-hybridized carbons (Fsp3) is 0.0556. The Labute approximate surface area is 269 Å². The molecule has 0 amide bonds. The number of aryl methyl sites for hydroxylation is 2. The summed E-state index contributed by atoms with van der Waals surface area (Å²) in [7, 11) is 0. The first-order chi connectivity index (χ1) is 20.4. The van der Waals surface area contributed by atoms with Gasteiger partial charge in [0.25, 0.3) is 0 Å². The molecule has 0 saturated carbocycles. The number of phenols is 2. The van der Waals surface area contributed by atoms with E-state index in [-0.39, 0.29) is 19.5 Å². The number of hydrogen-bond donors (Lipinski definition) is 2. The van der Waals surface area contributed by atoms with Gasteiger partial charge in [0, 0.05) is 30.3 Å². The molecule has 0 unspecified atom stereocenters. The molecule has 8 aromatic rings. The van der Waals surface area contributed by atoms with E-state index in [1.165, 1.54) is 11.1 Å². The second-order valence-electron chi connectivity index (χ2n) is 10.3. The fourth-order valence-corrected chi connectivity index (χ4v) is 7.11. The molecule has 0 spiro atoms. The zero-order valence-electron chi connectivity index (χ0n) is 23.7. The van der Waals surface area contributed by atoms with Crippen LogP contribution in [0.4, 0.5) is 0 Å². The van der Waals surface area contributed by atoms with Gasteiger partial charge >= 0.3 is 0 Å². The molecule has 4 nitrogen and oxygen atoms in total. The van der Waals surface area contributed by atoms with Crippen LogP contribution in [0.2, 0.25) is 0 Å². The third-order valence-electron chi connectivity index (χ3n) is 7.35. The Hall–Kier alpha value is -4.16. The van der Waals surface area contributed by atoms with Gasteiger partial charge in [-0.25, -0.2) is 9.97 Å². The van der Waals surface area contributed by atoms with E-state index >= 15 is 0 Å². The number of aromatic hydroxyl groups is 2. The van der Waals surface area contributed by atoms with Crippen molar-refractivity contribution in [3.63, 3.8) is 0 Å². The van der Waals surface area contributed by atoms with Crippen LogP contribution in [0.5, 0.6) is 11.5 Å². The van der Waals surface area contributed by atoms with Crippen LogP contribution in [0, 0.1) is 13.8 Å². The van der Waals surface area contributed by atoms with Crippen molar-refractivity contribution < 1.29 is 29.7 Å². The largest absolute Gasteiger partial charge is 0.507 e. The Balaban J connectivity index is 0.000000150. The van der Waals surface area contributed by atoms with Gasteiger partial charge in [-0.3, -0.25) is 0 Å². The van der Waals surface area contributed by atoms with Crippen molar-refractivity contribution in [2.24, 2.45) is 0 Å².